The molecule has 1 aromatic rings. The molecule has 0 saturated heterocycles. The van der Waals surface area contributed by atoms with Gasteiger partial charge in [-0.1, -0.05) is 39.0 Å². The average Bonchev–Trinajstić information content (AvgIpc) is 2.45. The summed E-state index contributed by atoms with van der Waals surface area (Å²) >= 11 is 0. The van der Waals surface area contributed by atoms with Crippen molar-refractivity contribution in [3.8, 4) is 5.75 Å². The van der Waals surface area contributed by atoms with Gasteiger partial charge in [0.25, 0.3) is 0 Å². The predicted molar refractivity (Wildman–Crippen MR) is 84.2 cm³/mol. The Labute approximate surface area is 123 Å². The summed E-state index contributed by atoms with van der Waals surface area (Å²) in [6.07, 6.45) is 1.23. The number of likely N-dealkylation sites (N-methyl/N-ethyl adjacent to an activating group) is 2. The molecule has 0 amide bonds. The Morgan fingerprint density at radius 3 is 2.80 bits per heavy atom. The van der Waals surface area contributed by atoms with Crippen LogP contribution in [0.2, 0.25) is 0 Å². The number of ether oxygens (including phenoxy) is 1. The fourth-order valence-corrected chi connectivity index (χ4v) is 2.82. The third kappa shape index (κ3) is 3.53. The Bertz CT molecular complexity index is 419. The molecule has 2 unspecified atom stereocenters. The highest BCUT2D eigenvalue weighted by molar-refractivity contribution is 5.38. The number of fused-ring (bicyclic) bond motifs is 1. The highest BCUT2D eigenvalue weighted by atomic mass is 16.5. The van der Waals surface area contributed by atoms with Crippen molar-refractivity contribution in [1.29, 1.82) is 0 Å². The van der Waals surface area contributed by atoms with Gasteiger partial charge < -0.3 is 10.1 Å². The van der Waals surface area contributed by atoms with Gasteiger partial charge in [0.05, 0.1) is 12.1 Å². The lowest BCUT2D eigenvalue weighted by Crippen LogP contribution is -2.49. The van der Waals surface area contributed by atoms with E-state index in [-0.39, 0.29) is 0 Å². The molecule has 0 saturated carbocycles. The first-order valence-corrected chi connectivity index (χ1v) is 7.78. The molecule has 0 fully saturated rings. The highest BCUT2D eigenvalue weighted by Gasteiger charge is 2.32. The van der Waals surface area contributed by atoms with Crippen molar-refractivity contribution in [3.63, 3.8) is 0 Å². The molecular weight excluding hydrogens is 248 g/mol. The van der Waals surface area contributed by atoms with Crippen molar-refractivity contribution in [2.45, 2.75) is 39.3 Å². The molecule has 0 radical (unpaired) electrons. The van der Waals surface area contributed by atoms with Crippen molar-refractivity contribution in [1.82, 2.24) is 10.2 Å². The molecule has 112 valence electrons. The van der Waals surface area contributed by atoms with Crippen LogP contribution in [0, 0.1) is 5.92 Å². The van der Waals surface area contributed by atoms with Gasteiger partial charge in [-0.2, -0.15) is 0 Å². The molecule has 3 heteroatoms. The summed E-state index contributed by atoms with van der Waals surface area (Å²) in [4.78, 5) is 2.45. The van der Waals surface area contributed by atoms with Crippen molar-refractivity contribution in [2.75, 3.05) is 26.7 Å². The minimum absolute atomic E-state index is 0.363. The Balaban J connectivity index is 2.13. The monoisotopic (exact) mass is 276 g/mol. The number of rotatable bonds is 6. The van der Waals surface area contributed by atoms with Crippen LogP contribution in [-0.4, -0.2) is 37.7 Å². The van der Waals surface area contributed by atoms with Crippen molar-refractivity contribution in [2.24, 2.45) is 5.92 Å². The SMILES string of the molecule is CCNC1c2ccccc2OCC1N(C)CCC(C)C. The van der Waals surface area contributed by atoms with E-state index in [1.165, 1.54) is 12.0 Å². The summed E-state index contributed by atoms with van der Waals surface area (Å²) < 4.78 is 5.96. The molecule has 1 aliphatic heterocycles. The van der Waals surface area contributed by atoms with Crippen LogP contribution in [0.4, 0.5) is 0 Å². The van der Waals surface area contributed by atoms with E-state index in [2.05, 4.69) is 56.2 Å². The Kier molecular flexibility index (Phi) is 5.44. The number of benzene rings is 1. The number of hydrogen-bond acceptors (Lipinski definition) is 3. The van der Waals surface area contributed by atoms with Gasteiger partial charge in [-0.3, -0.25) is 4.90 Å². The molecule has 20 heavy (non-hydrogen) atoms. The lowest BCUT2D eigenvalue weighted by molar-refractivity contribution is 0.103. The normalized spacial score (nSPS) is 21.9. The van der Waals surface area contributed by atoms with Crippen molar-refractivity contribution < 1.29 is 4.74 Å². The minimum Gasteiger partial charge on any atom is -0.492 e. The zero-order valence-corrected chi connectivity index (χ0v) is 13.2. The molecular formula is C17H28N2O. The second-order valence-corrected chi connectivity index (χ2v) is 6.11. The van der Waals surface area contributed by atoms with E-state index < -0.39 is 0 Å². The van der Waals surface area contributed by atoms with Crippen molar-refractivity contribution in [3.05, 3.63) is 29.8 Å². The molecule has 0 aromatic heterocycles. The molecule has 2 atom stereocenters. The number of para-hydroxylation sites is 1. The molecule has 1 aliphatic rings. The molecule has 0 aliphatic carbocycles. The fraction of sp³-hybridized carbons (Fsp3) is 0.647. The van der Waals surface area contributed by atoms with Crippen LogP contribution in [0.5, 0.6) is 5.75 Å². The maximum atomic E-state index is 5.96. The molecule has 0 spiro atoms. The quantitative estimate of drug-likeness (QED) is 0.864. The maximum Gasteiger partial charge on any atom is 0.124 e. The van der Waals surface area contributed by atoms with Crippen LogP contribution in [0.25, 0.3) is 0 Å². The molecule has 0 bridgehead atoms. The van der Waals surface area contributed by atoms with E-state index >= 15 is 0 Å². The van der Waals surface area contributed by atoms with Gasteiger partial charge in [0.1, 0.15) is 12.4 Å². The van der Waals surface area contributed by atoms with Crippen LogP contribution in [0.1, 0.15) is 38.8 Å². The van der Waals surface area contributed by atoms with Crippen LogP contribution in [0.3, 0.4) is 0 Å². The van der Waals surface area contributed by atoms with Gasteiger partial charge in [0.2, 0.25) is 0 Å². The Hall–Kier alpha value is -1.06. The van der Waals surface area contributed by atoms with Gasteiger partial charge in [-0.25, -0.2) is 0 Å². The number of hydrogen-bond donors (Lipinski definition) is 1. The smallest absolute Gasteiger partial charge is 0.124 e. The standard InChI is InChI=1S/C17H28N2O/c1-5-18-17-14-8-6-7-9-16(14)20-12-15(17)19(4)11-10-13(2)3/h6-9,13,15,17-18H,5,10-12H2,1-4H3. The van der Waals surface area contributed by atoms with E-state index in [4.69, 9.17) is 4.74 Å². The summed E-state index contributed by atoms with van der Waals surface area (Å²) in [5.41, 5.74) is 1.29. The van der Waals surface area contributed by atoms with Gasteiger partial charge in [0.15, 0.2) is 0 Å². The zero-order chi connectivity index (χ0) is 14.5. The second-order valence-electron chi connectivity index (χ2n) is 6.11. The minimum atomic E-state index is 0.363. The van der Waals surface area contributed by atoms with Crippen molar-refractivity contribution >= 4 is 0 Å². The largest absolute Gasteiger partial charge is 0.492 e. The molecule has 3 nitrogen and oxygen atoms in total. The average molecular weight is 276 g/mol. The summed E-state index contributed by atoms with van der Waals surface area (Å²) in [6.45, 7) is 9.60. The number of nitrogens with one attached hydrogen (secondary N) is 1. The summed E-state index contributed by atoms with van der Waals surface area (Å²) in [5.74, 6) is 1.78. The fourth-order valence-electron chi connectivity index (χ4n) is 2.82. The van der Waals surface area contributed by atoms with Crippen LogP contribution < -0.4 is 10.1 Å². The Morgan fingerprint density at radius 1 is 1.35 bits per heavy atom. The summed E-state index contributed by atoms with van der Waals surface area (Å²) in [5, 5.41) is 3.64. The van der Waals surface area contributed by atoms with Gasteiger partial charge in [0, 0.05) is 5.56 Å². The topological polar surface area (TPSA) is 24.5 Å². The molecule has 1 aromatic carbocycles. The lowest BCUT2D eigenvalue weighted by Gasteiger charge is -2.39. The first kappa shape index (κ1) is 15.3. The van der Waals surface area contributed by atoms with Gasteiger partial charge >= 0.3 is 0 Å². The van der Waals surface area contributed by atoms with E-state index in [0.29, 0.717) is 12.1 Å². The van der Waals surface area contributed by atoms with E-state index in [1.54, 1.807) is 0 Å². The van der Waals surface area contributed by atoms with Crippen LogP contribution in [-0.2, 0) is 0 Å². The first-order chi connectivity index (χ1) is 9.63. The summed E-state index contributed by atoms with van der Waals surface area (Å²) in [7, 11) is 2.22. The molecule has 1 heterocycles. The van der Waals surface area contributed by atoms with E-state index in [9.17, 15) is 0 Å². The lowest BCUT2D eigenvalue weighted by atomic mass is 9.95. The van der Waals surface area contributed by atoms with E-state index in [0.717, 1.165) is 31.4 Å². The maximum absolute atomic E-state index is 5.96. The van der Waals surface area contributed by atoms with Gasteiger partial charge in [-0.15, -0.1) is 0 Å². The molecule has 2 rings (SSSR count). The third-order valence-corrected chi connectivity index (χ3v) is 4.10. The first-order valence-electron chi connectivity index (χ1n) is 7.78. The van der Waals surface area contributed by atoms with Crippen LogP contribution in [0.15, 0.2) is 24.3 Å². The second kappa shape index (κ2) is 7.09. The Morgan fingerprint density at radius 2 is 2.10 bits per heavy atom. The van der Waals surface area contributed by atoms with Gasteiger partial charge in [-0.05, 0) is 38.5 Å². The summed E-state index contributed by atoms with van der Waals surface area (Å²) in [6, 6.07) is 9.17. The predicted octanol–water partition coefficient (Wildman–Crippen LogP) is 3.08. The number of nitrogens with zero attached hydrogens (tertiary/aromatic N) is 1. The third-order valence-electron chi connectivity index (χ3n) is 4.10. The van der Waals surface area contributed by atoms with E-state index in [1.807, 2.05) is 6.07 Å². The highest BCUT2D eigenvalue weighted by Crippen LogP contribution is 2.33. The molecule has 1 N–H and O–H groups in total. The zero-order valence-electron chi connectivity index (χ0n) is 13.2. The van der Waals surface area contributed by atoms with Crippen LogP contribution >= 0.6 is 0 Å².